The number of methoxy groups -OCH3 is 1. The number of nitrogens with one attached hydrogen (secondary N) is 1. The van der Waals surface area contributed by atoms with E-state index >= 15 is 0 Å². The van der Waals surface area contributed by atoms with E-state index in [1.807, 2.05) is 18.3 Å². The van der Waals surface area contributed by atoms with Gasteiger partial charge in [-0.25, -0.2) is 9.50 Å². The monoisotopic (exact) mass is 478 g/mol. The molecule has 0 radical (unpaired) electrons. The predicted molar refractivity (Wildman–Crippen MR) is 130 cm³/mol. The number of aromatic nitrogens is 3. The molecule has 5 rings (SSSR count). The fraction of sp³-hybridized carbons (Fsp3) is 0.440. The van der Waals surface area contributed by atoms with Gasteiger partial charge >= 0.3 is 0 Å². The molecule has 10 nitrogen and oxygen atoms in total. The zero-order chi connectivity index (χ0) is 24.9. The third-order valence-electron chi connectivity index (χ3n) is 7.54. The fourth-order valence-electron chi connectivity index (χ4n) is 5.63. The molecule has 3 aromatic heterocycles. The van der Waals surface area contributed by atoms with Gasteiger partial charge in [-0.05, 0) is 43.2 Å². The largest absolute Gasteiger partial charge is 0.481 e. The molecule has 1 aliphatic heterocycles. The summed E-state index contributed by atoms with van der Waals surface area (Å²) in [6, 6.07) is 5.79. The minimum Gasteiger partial charge on any atom is -0.481 e. The van der Waals surface area contributed by atoms with Gasteiger partial charge in [-0.1, -0.05) is 6.92 Å². The minimum absolute atomic E-state index is 0.110. The summed E-state index contributed by atoms with van der Waals surface area (Å²) >= 11 is 0. The van der Waals surface area contributed by atoms with E-state index in [0.29, 0.717) is 42.1 Å². The number of carbonyl (C=O) groups is 2. The number of aliphatic hydroxyl groups excluding tert-OH is 1. The lowest BCUT2D eigenvalue weighted by atomic mass is 9.93. The summed E-state index contributed by atoms with van der Waals surface area (Å²) in [4.78, 5) is 30.6. The van der Waals surface area contributed by atoms with E-state index < -0.39 is 12.0 Å². The molecule has 0 unspecified atom stereocenters. The van der Waals surface area contributed by atoms with Gasteiger partial charge in [0.2, 0.25) is 5.88 Å². The van der Waals surface area contributed by atoms with Crippen molar-refractivity contribution in [2.75, 3.05) is 25.5 Å². The SMILES string of the molecule is COc1ccc(-c2cc3c(N[C@@H]4C[C@@H]5CN(C(=O)[C@H](C)O)C[C@@H]5[C@H]4C)c(C(N)=O)cnn3c2)cn1. The van der Waals surface area contributed by atoms with Crippen LogP contribution < -0.4 is 15.8 Å². The molecule has 4 N–H and O–H groups in total. The average Bonchev–Trinajstić information content (AvgIpc) is 3.53. The maximum atomic E-state index is 12.3. The number of likely N-dealkylation sites (tertiary alicyclic amines) is 1. The summed E-state index contributed by atoms with van der Waals surface area (Å²) in [5, 5.41) is 17.7. The quantitative estimate of drug-likeness (QED) is 0.491. The summed E-state index contributed by atoms with van der Waals surface area (Å²) in [7, 11) is 1.57. The van der Waals surface area contributed by atoms with Gasteiger partial charge in [0, 0.05) is 48.7 Å². The highest BCUT2D eigenvalue weighted by Crippen LogP contribution is 2.44. The first kappa shape index (κ1) is 23.1. The maximum Gasteiger partial charge on any atom is 0.252 e. The molecule has 2 amide bonds. The lowest BCUT2D eigenvalue weighted by molar-refractivity contribution is -0.138. The summed E-state index contributed by atoms with van der Waals surface area (Å²) in [6.07, 6.45) is 5.00. The molecular formula is C25H30N6O4. The van der Waals surface area contributed by atoms with E-state index in [0.717, 1.165) is 23.1 Å². The number of primary amides is 1. The normalized spacial score (nSPS) is 24.4. The van der Waals surface area contributed by atoms with Gasteiger partial charge in [-0.2, -0.15) is 5.10 Å². The van der Waals surface area contributed by atoms with Crippen LogP contribution in [0.3, 0.4) is 0 Å². The molecule has 35 heavy (non-hydrogen) atoms. The van der Waals surface area contributed by atoms with Crippen LogP contribution in [0.15, 0.2) is 36.8 Å². The molecule has 10 heteroatoms. The third-order valence-corrected chi connectivity index (χ3v) is 7.54. The summed E-state index contributed by atoms with van der Waals surface area (Å²) in [5.74, 6) is 0.711. The van der Waals surface area contributed by atoms with Crippen LogP contribution in [0.2, 0.25) is 0 Å². The Bertz CT molecular complexity index is 1270. The second-order valence-electron chi connectivity index (χ2n) is 9.63. The van der Waals surface area contributed by atoms with E-state index in [1.54, 1.807) is 28.8 Å². The molecule has 0 bridgehead atoms. The van der Waals surface area contributed by atoms with Crippen LogP contribution >= 0.6 is 0 Å². The highest BCUT2D eigenvalue weighted by atomic mass is 16.5. The maximum absolute atomic E-state index is 12.3. The van der Waals surface area contributed by atoms with E-state index in [1.165, 1.54) is 13.1 Å². The topological polar surface area (TPSA) is 135 Å². The molecule has 5 atom stereocenters. The number of hydrogen-bond donors (Lipinski definition) is 3. The Kier molecular flexibility index (Phi) is 5.84. The first-order valence-electron chi connectivity index (χ1n) is 11.8. The highest BCUT2D eigenvalue weighted by Gasteiger charge is 2.47. The number of rotatable bonds is 6. The molecule has 1 saturated carbocycles. The highest BCUT2D eigenvalue weighted by molar-refractivity contribution is 6.02. The molecule has 2 aliphatic rings. The van der Waals surface area contributed by atoms with Crippen LogP contribution in [0.5, 0.6) is 5.88 Å². The van der Waals surface area contributed by atoms with Crippen LogP contribution in [0, 0.1) is 17.8 Å². The number of ether oxygens (including phenoxy) is 1. The van der Waals surface area contributed by atoms with Crippen molar-refractivity contribution in [2.45, 2.75) is 32.4 Å². The first-order chi connectivity index (χ1) is 16.8. The number of hydrogen-bond acceptors (Lipinski definition) is 7. The van der Waals surface area contributed by atoms with E-state index in [2.05, 4.69) is 22.3 Å². The second-order valence-corrected chi connectivity index (χ2v) is 9.63. The fourth-order valence-corrected chi connectivity index (χ4v) is 5.63. The van der Waals surface area contributed by atoms with Crippen molar-refractivity contribution < 1.29 is 19.4 Å². The van der Waals surface area contributed by atoms with Crippen molar-refractivity contribution in [1.29, 1.82) is 0 Å². The van der Waals surface area contributed by atoms with Gasteiger partial charge < -0.3 is 25.8 Å². The van der Waals surface area contributed by atoms with Crippen molar-refractivity contribution in [1.82, 2.24) is 19.5 Å². The van der Waals surface area contributed by atoms with E-state index in [4.69, 9.17) is 10.5 Å². The Balaban J connectivity index is 1.43. The lowest BCUT2D eigenvalue weighted by Gasteiger charge is -2.26. The Hall–Kier alpha value is -3.66. The summed E-state index contributed by atoms with van der Waals surface area (Å²) < 4.78 is 6.88. The lowest BCUT2D eigenvalue weighted by Crippen LogP contribution is -2.38. The predicted octanol–water partition coefficient (Wildman–Crippen LogP) is 1.78. The van der Waals surface area contributed by atoms with Crippen molar-refractivity contribution in [3.8, 4) is 17.0 Å². The van der Waals surface area contributed by atoms with Crippen molar-refractivity contribution in [2.24, 2.45) is 23.5 Å². The third kappa shape index (κ3) is 4.07. The van der Waals surface area contributed by atoms with E-state index in [9.17, 15) is 14.7 Å². The van der Waals surface area contributed by atoms with Crippen LogP contribution in [0.4, 0.5) is 5.69 Å². The van der Waals surface area contributed by atoms with Gasteiger partial charge in [0.25, 0.3) is 11.8 Å². The molecular weight excluding hydrogens is 448 g/mol. The van der Waals surface area contributed by atoms with Gasteiger partial charge in [0.05, 0.1) is 30.1 Å². The Morgan fingerprint density at radius 3 is 2.69 bits per heavy atom. The van der Waals surface area contributed by atoms with Crippen LogP contribution in [0.1, 0.15) is 30.6 Å². The average molecular weight is 479 g/mol. The Labute approximate surface area is 203 Å². The molecule has 1 aliphatic carbocycles. The van der Waals surface area contributed by atoms with Crippen LogP contribution in [0.25, 0.3) is 16.6 Å². The molecule has 0 aromatic carbocycles. The zero-order valence-electron chi connectivity index (χ0n) is 20.0. The Morgan fingerprint density at radius 1 is 1.26 bits per heavy atom. The van der Waals surface area contributed by atoms with Crippen molar-refractivity contribution in [3.05, 3.63) is 42.4 Å². The second kappa shape index (κ2) is 8.84. The number of fused-ring (bicyclic) bond motifs is 2. The van der Waals surface area contributed by atoms with Crippen molar-refractivity contribution >= 4 is 23.0 Å². The first-order valence-corrected chi connectivity index (χ1v) is 11.8. The van der Waals surface area contributed by atoms with Gasteiger partial charge in [0.15, 0.2) is 0 Å². The molecule has 1 saturated heterocycles. The van der Waals surface area contributed by atoms with Gasteiger partial charge in [0.1, 0.15) is 6.10 Å². The molecule has 4 heterocycles. The number of anilines is 1. The van der Waals surface area contributed by atoms with Crippen LogP contribution in [-0.4, -0.2) is 68.8 Å². The van der Waals surface area contributed by atoms with Gasteiger partial charge in [-0.15, -0.1) is 0 Å². The summed E-state index contributed by atoms with van der Waals surface area (Å²) in [5.41, 5.74) is 9.27. The minimum atomic E-state index is -0.981. The molecule has 3 aromatic rings. The number of pyridine rings is 1. The summed E-state index contributed by atoms with van der Waals surface area (Å²) in [6.45, 7) is 4.97. The number of nitrogens with zero attached hydrogens (tertiary/aromatic N) is 4. The molecule has 0 spiro atoms. The zero-order valence-corrected chi connectivity index (χ0v) is 20.0. The molecule has 184 valence electrons. The Morgan fingerprint density at radius 2 is 2.06 bits per heavy atom. The number of nitrogens with two attached hydrogens (primary N) is 1. The number of amides is 2. The smallest absolute Gasteiger partial charge is 0.252 e. The van der Waals surface area contributed by atoms with Gasteiger partial charge in [-0.3, -0.25) is 9.59 Å². The standard InChI is InChI=1S/C25H30N6O4/c1-13-19-12-30(25(34)14(2)32)10-17(19)6-20(13)29-23-18(24(26)33)9-28-31-11-16(7-21(23)31)15-4-5-22(35-3)27-8-15/h4-5,7-9,11,13-14,17,19-20,29,32H,6,10,12H2,1-3H3,(H2,26,33)/t13-,14+,17-,19-,20-/m1/s1. The van der Waals surface area contributed by atoms with Crippen molar-refractivity contribution in [3.63, 3.8) is 0 Å². The van der Waals surface area contributed by atoms with Crippen LogP contribution in [-0.2, 0) is 4.79 Å². The number of carbonyl (C=O) groups excluding carboxylic acids is 2. The van der Waals surface area contributed by atoms with E-state index in [-0.39, 0.29) is 17.9 Å². The molecule has 2 fully saturated rings. The number of aliphatic hydroxyl groups is 1.